The van der Waals surface area contributed by atoms with Crippen molar-refractivity contribution in [3.63, 3.8) is 0 Å². The Labute approximate surface area is 175 Å². The largest absolute Gasteiger partial charge is 0.452 e. The van der Waals surface area contributed by atoms with E-state index >= 15 is 0 Å². The molecule has 1 saturated heterocycles. The van der Waals surface area contributed by atoms with Gasteiger partial charge in [0, 0.05) is 10.6 Å². The zero-order chi connectivity index (χ0) is 20.6. The Kier molecular flexibility index (Phi) is 7.63. The number of ether oxygens (including phenoxy) is 2. The molecule has 1 atom stereocenters. The maximum absolute atomic E-state index is 12.2. The van der Waals surface area contributed by atoms with Gasteiger partial charge in [-0.3, -0.25) is 4.79 Å². The molecule has 0 aromatic heterocycles. The average molecular weight is 418 g/mol. The summed E-state index contributed by atoms with van der Waals surface area (Å²) in [5.74, 6) is -0.863. The third kappa shape index (κ3) is 6.56. The van der Waals surface area contributed by atoms with Crippen molar-refractivity contribution in [2.45, 2.75) is 19.5 Å². The maximum atomic E-state index is 12.2. The first-order chi connectivity index (χ1) is 14.0. The Morgan fingerprint density at radius 1 is 1.10 bits per heavy atom. The van der Waals surface area contributed by atoms with Gasteiger partial charge in [0.15, 0.2) is 6.61 Å². The molecule has 154 valence electrons. The van der Waals surface area contributed by atoms with Gasteiger partial charge in [-0.2, -0.15) is 0 Å². The van der Waals surface area contributed by atoms with Crippen LogP contribution >= 0.6 is 11.6 Å². The van der Waals surface area contributed by atoms with Crippen molar-refractivity contribution in [2.75, 3.05) is 32.9 Å². The van der Waals surface area contributed by atoms with Crippen LogP contribution in [0, 0.1) is 0 Å². The number of halogens is 1. The summed E-state index contributed by atoms with van der Waals surface area (Å²) in [5, 5.41) is 3.44. The Bertz CT molecular complexity index is 818. The van der Waals surface area contributed by atoms with Crippen LogP contribution in [-0.2, 0) is 20.8 Å². The molecule has 2 N–H and O–H groups in total. The highest BCUT2D eigenvalue weighted by Crippen LogP contribution is 2.16. The SMILES string of the molecule is C[C@H](NC(=O)COC(=O)c1ccc(C[NH+]2CCOCC2)cc1)c1ccc(Cl)cc1. The summed E-state index contributed by atoms with van der Waals surface area (Å²) in [6, 6.07) is 14.4. The van der Waals surface area contributed by atoms with Crippen molar-refractivity contribution >= 4 is 23.5 Å². The second kappa shape index (κ2) is 10.4. The molecule has 6 nitrogen and oxygen atoms in total. The molecule has 0 bridgehead atoms. The second-order valence-corrected chi connectivity index (χ2v) is 7.59. The van der Waals surface area contributed by atoms with Crippen LogP contribution in [0.3, 0.4) is 0 Å². The normalized spacial score (nSPS) is 15.5. The quantitative estimate of drug-likeness (QED) is 0.674. The number of hydrogen-bond acceptors (Lipinski definition) is 4. The number of esters is 1. The minimum absolute atomic E-state index is 0.208. The van der Waals surface area contributed by atoms with Gasteiger partial charge in [0.25, 0.3) is 5.91 Å². The Morgan fingerprint density at radius 2 is 1.76 bits per heavy atom. The Hall–Kier alpha value is -2.41. The number of morpholine rings is 1. The van der Waals surface area contributed by atoms with Gasteiger partial charge in [0.1, 0.15) is 19.6 Å². The summed E-state index contributed by atoms with van der Waals surface area (Å²) in [4.78, 5) is 25.8. The molecule has 1 amide bonds. The van der Waals surface area contributed by atoms with Crippen LogP contribution in [0.5, 0.6) is 0 Å². The zero-order valence-electron chi connectivity index (χ0n) is 16.4. The molecule has 0 saturated carbocycles. The van der Waals surface area contributed by atoms with Crippen LogP contribution in [0.25, 0.3) is 0 Å². The smallest absolute Gasteiger partial charge is 0.338 e. The molecule has 7 heteroatoms. The average Bonchev–Trinajstić information content (AvgIpc) is 2.74. The van der Waals surface area contributed by atoms with Gasteiger partial charge in [-0.05, 0) is 36.8 Å². The summed E-state index contributed by atoms with van der Waals surface area (Å²) in [7, 11) is 0. The first kappa shape index (κ1) is 21.3. The van der Waals surface area contributed by atoms with E-state index in [-0.39, 0.29) is 18.6 Å². The lowest BCUT2D eigenvalue weighted by Crippen LogP contribution is -3.12. The number of quaternary nitrogens is 1. The van der Waals surface area contributed by atoms with Crippen LogP contribution < -0.4 is 10.2 Å². The molecule has 1 aliphatic heterocycles. The van der Waals surface area contributed by atoms with Gasteiger partial charge in [0.05, 0.1) is 24.8 Å². The molecular formula is C22H26ClN2O4+. The monoisotopic (exact) mass is 417 g/mol. The van der Waals surface area contributed by atoms with E-state index in [9.17, 15) is 9.59 Å². The standard InChI is InChI=1S/C22H25ClN2O4/c1-16(18-6-8-20(23)9-7-18)24-21(26)15-29-22(27)19-4-2-17(3-5-19)14-25-10-12-28-13-11-25/h2-9,16H,10-15H2,1H3,(H,24,26)/p+1/t16-/m0/s1. The van der Waals surface area contributed by atoms with Crippen molar-refractivity contribution in [3.05, 3.63) is 70.2 Å². The number of carbonyl (C=O) groups is 2. The molecule has 0 spiro atoms. The fraction of sp³-hybridized carbons (Fsp3) is 0.364. The first-order valence-corrected chi connectivity index (χ1v) is 10.1. The second-order valence-electron chi connectivity index (χ2n) is 7.15. The summed E-state index contributed by atoms with van der Waals surface area (Å²) >= 11 is 5.87. The molecule has 1 aliphatic rings. The molecule has 1 heterocycles. The minimum Gasteiger partial charge on any atom is -0.452 e. The van der Waals surface area contributed by atoms with Crippen molar-refractivity contribution in [1.82, 2.24) is 5.32 Å². The highest BCUT2D eigenvalue weighted by Gasteiger charge is 2.16. The van der Waals surface area contributed by atoms with Crippen molar-refractivity contribution in [3.8, 4) is 0 Å². The van der Waals surface area contributed by atoms with E-state index < -0.39 is 5.97 Å². The molecule has 3 rings (SSSR count). The van der Waals surface area contributed by atoms with Gasteiger partial charge in [-0.25, -0.2) is 4.79 Å². The van der Waals surface area contributed by atoms with Crippen LogP contribution in [0.4, 0.5) is 0 Å². The molecule has 2 aromatic rings. The van der Waals surface area contributed by atoms with E-state index in [2.05, 4.69) is 5.32 Å². The van der Waals surface area contributed by atoms with Gasteiger partial charge in [-0.15, -0.1) is 0 Å². The summed E-state index contributed by atoms with van der Waals surface area (Å²) in [6.07, 6.45) is 0. The molecular weight excluding hydrogens is 392 g/mol. The highest BCUT2D eigenvalue weighted by atomic mass is 35.5. The van der Waals surface area contributed by atoms with E-state index in [4.69, 9.17) is 21.1 Å². The number of carbonyl (C=O) groups excluding carboxylic acids is 2. The number of amides is 1. The van der Waals surface area contributed by atoms with E-state index in [0.717, 1.165) is 44.0 Å². The van der Waals surface area contributed by atoms with Crippen LogP contribution in [0.2, 0.25) is 5.02 Å². The van der Waals surface area contributed by atoms with E-state index in [1.54, 1.807) is 24.3 Å². The molecule has 29 heavy (non-hydrogen) atoms. The van der Waals surface area contributed by atoms with Gasteiger partial charge >= 0.3 is 5.97 Å². The third-order valence-electron chi connectivity index (χ3n) is 4.93. The summed E-state index contributed by atoms with van der Waals surface area (Å²) in [5.41, 5.74) is 2.52. The van der Waals surface area contributed by atoms with Crippen molar-refractivity contribution in [2.24, 2.45) is 0 Å². The van der Waals surface area contributed by atoms with Crippen LogP contribution in [-0.4, -0.2) is 44.8 Å². The number of benzene rings is 2. The number of nitrogens with one attached hydrogen (secondary N) is 2. The fourth-order valence-electron chi connectivity index (χ4n) is 3.22. The molecule has 0 aliphatic carbocycles. The number of rotatable bonds is 7. The van der Waals surface area contributed by atoms with Crippen molar-refractivity contribution < 1.29 is 24.0 Å². The molecule has 0 unspecified atom stereocenters. The lowest BCUT2D eigenvalue weighted by atomic mass is 10.1. The maximum Gasteiger partial charge on any atom is 0.338 e. The van der Waals surface area contributed by atoms with E-state index in [1.807, 2.05) is 31.2 Å². The minimum atomic E-state index is -0.510. The molecule has 0 radical (unpaired) electrons. The topological polar surface area (TPSA) is 69.1 Å². The predicted octanol–water partition coefficient (Wildman–Crippen LogP) is 1.79. The van der Waals surface area contributed by atoms with E-state index in [1.165, 1.54) is 4.90 Å². The number of hydrogen-bond donors (Lipinski definition) is 2. The van der Waals surface area contributed by atoms with Crippen LogP contribution in [0.1, 0.15) is 34.5 Å². The van der Waals surface area contributed by atoms with E-state index in [0.29, 0.717) is 10.6 Å². The summed E-state index contributed by atoms with van der Waals surface area (Å²) in [6.45, 7) is 6.01. The lowest BCUT2D eigenvalue weighted by Gasteiger charge is -2.23. The van der Waals surface area contributed by atoms with Gasteiger partial charge in [0.2, 0.25) is 0 Å². The fourth-order valence-corrected chi connectivity index (χ4v) is 3.34. The van der Waals surface area contributed by atoms with Crippen LogP contribution in [0.15, 0.2) is 48.5 Å². The van der Waals surface area contributed by atoms with Crippen molar-refractivity contribution in [1.29, 1.82) is 0 Å². The first-order valence-electron chi connectivity index (χ1n) is 9.73. The predicted molar refractivity (Wildman–Crippen MR) is 110 cm³/mol. The summed E-state index contributed by atoms with van der Waals surface area (Å²) < 4.78 is 10.5. The zero-order valence-corrected chi connectivity index (χ0v) is 17.2. The molecule has 1 fully saturated rings. The third-order valence-corrected chi connectivity index (χ3v) is 5.18. The lowest BCUT2D eigenvalue weighted by molar-refractivity contribution is -0.921. The highest BCUT2D eigenvalue weighted by molar-refractivity contribution is 6.30. The van der Waals surface area contributed by atoms with Gasteiger partial charge in [-0.1, -0.05) is 35.9 Å². The Morgan fingerprint density at radius 3 is 2.41 bits per heavy atom. The van der Waals surface area contributed by atoms with Gasteiger partial charge < -0.3 is 19.7 Å². The molecule has 2 aromatic carbocycles. The Balaban J connectivity index is 1.44.